The van der Waals surface area contributed by atoms with Crippen LogP contribution in [-0.2, 0) is 9.05 Å². The largest absolute Gasteiger partial charge is 0.492 e. The van der Waals surface area contributed by atoms with E-state index in [1.807, 2.05) is 0 Å². The summed E-state index contributed by atoms with van der Waals surface area (Å²) in [6.45, 7) is 0.196. The highest BCUT2D eigenvalue weighted by molar-refractivity contribution is 8.13. The molecule has 0 atom stereocenters. The Kier molecular flexibility index (Phi) is 5.15. The van der Waals surface area contributed by atoms with E-state index in [2.05, 4.69) is 5.92 Å². The van der Waals surface area contributed by atoms with Gasteiger partial charge in [-0.1, -0.05) is 0 Å². The van der Waals surface area contributed by atoms with E-state index in [0.717, 1.165) is 12.1 Å². The zero-order valence-electron chi connectivity index (χ0n) is 9.71. The van der Waals surface area contributed by atoms with Crippen molar-refractivity contribution >= 4 is 25.4 Å². The fourth-order valence-corrected chi connectivity index (χ4v) is 2.27. The molecule has 0 saturated carbocycles. The van der Waals surface area contributed by atoms with Gasteiger partial charge in [-0.3, -0.25) is 10.1 Å². The van der Waals surface area contributed by atoms with E-state index in [9.17, 15) is 18.5 Å². The van der Waals surface area contributed by atoms with Crippen molar-refractivity contribution < 1.29 is 18.1 Å². The van der Waals surface area contributed by atoms with Crippen molar-refractivity contribution in [2.45, 2.75) is 17.7 Å². The summed E-state index contributed by atoms with van der Waals surface area (Å²) in [6.07, 6.45) is 6.08. The molecule has 0 fully saturated rings. The summed E-state index contributed by atoms with van der Waals surface area (Å²) in [5, 5.41) is 10.6. The Labute approximate surface area is 114 Å². The first-order valence-electron chi connectivity index (χ1n) is 5.15. The highest BCUT2D eigenvalue weighted by Crippen LogP contribution is 2.30. The van der Waals surface area contributed by atoms with Gasteiger partial charge in [0.15, 0.2) is 0 Å². The van der Waals surface area contributed by atoms with E-state index in [1.165, 1.54) is 6.07 Å². The minimum absolute atomic E-state index is 0.0300. The second-order valence-corrected chi connectivity index (χ2v) is 6.02. The Morgan fingerprint density at radius 1 is 1.47 bits per heavy atom. The van der Waals surface area contributed by atoms with Gasteiger partial charge in [-0.25, -0.2) is 8.42 Å². The van der Waals surface area contributed by atoms with Gasteiger partial charge in [-0.2, -0.15) is 0 Å². The third-order valence-corrected chi connectivity index (χ3v) is 3.47. The lowest BCUT2D eigenvalue weighted by Gasteiger charge is -2.08. The number of benzene rings is 1. The maximum Gasteiger partial charge on any atom is 0.271 e. The summed E-state index contributed by atoms with van der Waals surface area (Å²) >= 11 is 0. The Morgan fingerprint density at radius 3 is 2.68 bits per heavy atom. The van der Waals surface area contributed by atoms with Gasteiger partial charge in [0.1, 0.15) is 10.6 Å². The molecule has 1 rings (SSSR count). The van der Waals surface area contributed by atoms with Gasteiger partial charge >= 0.3 is 0 Å². The summed E-state index contributed by atoms with van der Waals surface area (Å²) in [5.41, 5.74) is -0.379. The number of non-ortho nitro benzene ring substituents is 1. The zero-order valence-corrected chi connectivity index (χ0v) is 11.3. The summed E-state index contributed by atoms with van der Waals surface area (Å²) in [6, 6.07) is 3.20. The SMILES string of the molecule is C#CCCCOc1ccc([N+](=O)[O-])cc1S(=O)(=O)Cl. The van der Waals surface area contributed by atoms with Crippen molar-refractivity contribution in [3.05, 3.63) is 28.3 Å². The molecule has 1 aromatic carbocycles. The highest BCUT2D eigenvalue weighted by atomic mass is 35.7. The summed E-state index contributed by atoms with van der Waals surface area (Å²) in [5.74, 6) is 2.38. The van der Waals surface area contributed by atoms with Crippen LogP contribution in [0.4, 0.5) is 5.69 Å². The Morgan fingerprint density at radius 2 is 2.16 bits per heavy atom. The molecule has 0 heterocycles. The van der Waals surface area contributed by atoms with Crippen LogP contribution in [0, 0.1) is 22.5 Å². The molecule has 0 amide bonds. The molecule has 0 aliphatic carbocycles. The minimum Gasteiger partial charge on any atom is -0.492 e. The second kappa shape index (κ2) is 6.41. The maximum atomic E-state index is 11.3. The molecule has 0 spiro atoms. The molecule has 19 heavy (non-hydrogen) atoms. The molecular weight excluding hydrogens is 294 g/mol. The number of nitro groups is 1. The van der Waals surface area contributed by atoms with Crippen LogP contribution in [0.1, 0.15) is 12.8 Å². The van der Waals surface area contributed by atoms with Crippen molar-refractivity contribution in [2.24, 2.45) is 0 Å². The van der Waals surface area contributed by atoms with Gasteiger partial charge in [0, 0.05) is 29.2 Å². The van der Waals surface area contributed by atoms with Gasteiger partial charge in [-0.05, 0) is 12.5 Å². The molecular formula is C11H10ClNO5S. The lowest BCUT2D eigenvalue weighted by atomic mass is 10.3. The molecule has 0 aliphatic heterocycles. The van der Waals surface area contributed by atoms with Gasteiger partial charge < -0.3 is 4.74 Å². The van der Waals surface area contributed by atoms with E-state index < -0.39 is 18.9 Å². The molecule has 0 N–H and O–H groups in total. The Balaban J connectivity index is 3.04. The number of nitrogens with zero attached hydrogens (tertiary/aromatic N) is 1. The van der Waals surface area contributed by atoms with Gasteiger partial charge in [-0.15, -0.1) is 12.3 Å². The topological polar surface area (TPSA) is 86.5 Å². The van der Waals surface area contributed by atoms with Gasteiger partial charge in [0.05, 0.1) is 11.5 Å². The van der Waals surface area contributed by atoms with E-state index in [0.29, 0.717) is 12.8 Å². The first-order chi connectivity index (χ1) is 8.86. The van der Waals surface area contributed by atoms with Crippen molar-refractivity contribution in [3.8, 4) is 18.1 Å². The summed E-state index contributed by atoms with van der Waals surface area (Å²) in [7, 11) is 1.09. The van der Waals surface area contributed by atoms with Gasteiger partial charge in [0.25, 0.3) is 14.7 Å². The first kappa shape index (κ1) is 15.3. The maximum absolute atomic E-state index is 11.3. The number of ether oxygens (including phenoxy) is 1. The minimum atomic E-state index is -4.13. The van der Waals surface area contributed by atoms with Crippen LogP contribution in [0.2, 0.25) is 0 Å². The molecule has 8 heteroatoms. The first-order valence-corrected chi connectivity index (χ1v) is 7.46. The number of terminal acetylenes is 1. The number of hydrogen-bond acceptors (Lipinski definition) is 5. The van der Waals surface area contributed by atoms with Crippen LogP contribution < -0.4 is 4.74 Å². The van der Waals surface area contributed by atoms with Crippen LogP contribution in [0.15, 0.2) is 23.1 Å². The number of nitro benzene ring substituents is 1. The van der Waals surface area contributed by atoms with Crippen LogP contribution in [0.25, 0.3) is 0 Å². The standard InChI is InChI=1S/C11H10ClNO5S/c1-2-3-4-7-18-10-6-5-9(13(14)15)8-11(10)19(12,16)17/h1,5-6,8H,3-4,7H2. The number of unbranched alkanes of at least 4 members (excludes halogenated alkanes) is 1. The van der Waals surface area contributed by atoms with Crippen molar-refractivity contribution in [2.75, 3.05) is 6.61 Å². The molecule has 0 bridgehead atoms. The molecule has 1 aromatic rings. The molecule has 0 aromatic heterocycles. The predicted molar refractivity (Wildman–Crippen MR) is 69.7 cm³/mol. The third kappa shape index (κ3) is 4.43. The normalized spacial score (nSPS) is 10.7. The van der Waals surface area contributed by atoms with Crippen LogP contribution >= 0.6 is 10.7 Å². The summed E-state index contributed by atoms with van der Waals surface area (Å²) in [4.78, 5) is 9.45. The lowest BCUT2D eigenvalue weighted by Crippen LogP contribution is -2.03. The smallest absolute Gasteiger partial charge is 0.271 e. The molecule has 0 aliphatic rings. The van der Waals surface area contributed by atoms with E-state index in [-0.39, 0.29) is 18.0 Å². The highest BCUT2D eigenvalue weighted by Gasteiger charge is 2.21. The van der Waals surface area contributed by atoms with Crippen LogP contribution in [-0.4, -0.2) is 19.9 Å². The third-order valence-electron chi connectivity index (χ3n) is 2.12. The average Bonchev–Trinajstić information content (AvgIpc) is 2.33. The Hall–Kier alpha value is -1.78. The predicted octanol–water partition coefficient (Wildman–Crippen LogP) is 2.31. The van der Waals surface area contributed by atoms with E-state index in [1.54, 1.807) is 0 Å². The lowest BCUT2D eigenvalue weighted by molar-refractivity contribution is -0.385. The second-order valence-electron chi connectivity index (χ2n) is 3.48. The van der Waals surface area contributed by atoms with Crippen molar-refractivity contribution in [1.29, 1.82) is 0 Å². The fraction of sp³-hybridized carbons (Fsp3) is 0.273. The number of halogens is 1. The van der Waals surface area contributed by atoms with Crippen LogP contribution in [0.5, 0.6) is 5.75 Å². The molecule has 0 unspecified atom stereocenters. The summed E-state index contributed by atoms with van der Waals surface area (Å²) < 4.78 is 27.9. The van der Waals surface area contributed by atoms with Crippen molar-refractivity contribution in [1.82, 2.24) is 0 Å². The van der Waals surface area contributed by atoms with E-state index >= 15 is 0 Å². The molecule has 102 valence electrons. The quantitative estimate of drug-likeness (QED) is 0.265. The zero-order chi connectivity index (χ0) is 14.5. The van der Waals surface area contributed by atoms with Crippen molar-refractivity contribution in [3.63, 3.8) is 0 Å². The fourth-order valence-electron chi connectivity index (χ4n) is 1.28. The van der Waals surface area contributed by atoms with E-state index in [4.69, 9.17) is 21.8 Å². The average molecular weight is 304 g/mol. The monoisotopic (exact) mass is 303 g/mol. The van der Waals surface area contributed by atoms with Crippen LogP contribution in [0.3, 0.4) is 0 Å². The number of hydrogen-bond donors (Lipinski definition) is 0. The Bertz CT molecular complexity index is 620. The number of rotatable bonds is 6. The molecule has 0 radical (unpaired) electrons. The van der Waals surface area contributed by atoms with Gasteiger partial charge in [0.2, 0.25) is 0 Å². The molecule has 6 nitrogen and oxygen atoms in total. The molecule has 0 saturated heterocycles.